The van der Waals surface area contributed by atoms with Crippen LogP contribution in [0.3, 0.4) is 0 Å². The second-order valence-corrected chi connectivity index (χ2v) is 9.30. The number of aliphatic hydroxyl groups is 1. The topological polar surface area (TPSA) is 81.4 Å². The number of benzene rings is 2. The van der Waals surface area contributed by atoms with Crippen LogP contribution in [0.15, 0.2) is 61.1 Å². The van der Waals surface area contributed by atoms with E-state index in [1.807, 2.05) is 53.2 Å². The van der Waals surface area contributed by atoms with E-state index in [0.717, 1.165) is 16.8 Å². The fourth-order valence-electron chi connectivity index (χ4n) is 3.61. The molecule has 0 amide bonds. The van der Waals surface area contributed by atoms with Crippen LogP contribution < -0.4 is 10.1 Å². The van der Waals surface area contributed by atoms with Crippen LogP contribution in [-0.4, -0.2) is 39.5 Å². The van der Waals surface area contributed by atoms with Crippen molar-refractivity contribution in [3.05, 3.63) is 71.6 Å². The summed E-state index contributed by atoms with van der Waals surface area (Å²) in [7, 11) is 0. The monoisotopic (exact) mass is 480 g/mol. The van der Waals surface area contributed by atoms with Crippen molar-refractivity contribution in [2.24, 2.45) is 0 Å². The van der Waals surface area contributed by atoms with Crippen molar-refractivity contribution >= 4 is 34.1 Å². The zero-order valence-corrected chi connectivity index (χ0v) is 20.3. The maximum absolute atomic E-state index is 8.91. The average molecular weight is 481 g/mol. The Hall–Kier alpha value is -3.13. The smallest absolute Gasteiger partial charge is 0.158 e. The molecule has 4 rings (SSSR count). The average Bonchev–Trinajstić information content (AvgIpc) is 3.23. The Morgan fingerprint density at radius 3 is 2.68 bits per heavy atom. The number of aliphatic hydroxyl groups excluding tert-OH is 1. The van der Waals surface area contributed by atoms with E-state index in [-0.39, 0.29) is 12.0 Å². The van der Waals surface area contributed by atoms with E-state index in [4.69, 9.17) is 26.2 Å². The van der Waals surface area contributed by atoms with E-state index < -0.39 is 0 Å². The van der Waals surface area contributed by atoms with Crippen LogP contribution in [0.1, 0.15) is 26.3 Å². The summed E-state index contributed by atoms with van der Waals surface area (Å²) in [5.74, 6) is 1.91. The maximum Gasteiger partial charge on any atom is 0.158 e. The molecule has 34 heavy (non-hydrogen) atoms. The lowest BCUT2D eigenvalue weighted by molar-refractivity contribution is 0.0875. The lowest BCUT2D eigenvalue weighted by Crippen LogP contribution is -2.10. The molecule has 0 fully saturated rings. The fraction of sp³-hybridized carbons (Fsp3) is 0.308. The van der Waals surface area contributed by atoms with E-state index in [1.54, 1.807) is 0 Å². The van der Waals surface area contributed by atoms with Crippen LogP contribution in [0.2, 0.25) is 5.02 Å². The van der Waals surface area contributed by atoms with Crippen LogP contribution in [0.25, 0.3) is 11.0 Å². The number of ether oxygens (including phenoxy) is 2. The van der Waals surface area contributed by atoms with Gasteiger partial charge in [-0.1, -0.05) is 50.6 Å². The third kappa shape index (κ3) is 5.50. The Balaban J connectivity index is 1.59. The van der Waals surface area contributed by atoms with Gasteiger partial charge in [-0.25, -0.2) is 9.97 Å². The summed E-state index contributed by atoms with van der Waals surface area (Å²) < 4.78 is 13.6. The van der Waals surface area contributed by atoms with E-state index in [1.165, 1.54) is 11.9 Å². The number of hydrogen-bond donors (Lipinski definition) is 2. The molecule has 2 aromatic heterocycles. The standard InChI is InChI=1S/C26H29ClN4O3/c1-26(2,3)18-6-4-7-19(16-18)34-22-9-5-8-20(23(22)27)30-25-24-21(28-17-29-25)10-11-31(24)12-14-33-15-13-32/h4-11,16-17,32H,12-15H2,1-3H3,(H,28,29,30). The van der Waals surface area contributed by atoms with Crippen molar-refractivity contribution in [2.75, 3.05) is 25.1 Å². The van der Waals surface area contributed by atoms with Gasteiger partial charge in [-0.05, 0) is 41.3 Å². The number of anilines is 2. The number of fused-ring (bicyclic) bond motifs is 1. The van der Waals surface area contributed by atoms with E-state index in [0.29, 0.717) is 42.0 Å². The molecular formula is C26H29ClN4O3. The van der Waals surface area contributed by atoms with Gasteiger partial charge in [-0.2, -0.15) is 0 Å². The van der Waals surface area contributed by atoms with Gasteiger partial charge in [0, 0.05) is 12.7 Å². The highest BCUT2D eigenvalue weighted by molar-refractivity contribution is 6.34. The van der Waals surface area contributed by atoms with E-state index >= 15 is 0 Å². The van der Waals surface area contributed by atoms with Gasteiger partial charge in [0.2, 0.25) is 0 Å². The zero-order chi connectivity index (χ0) is 24.1. The number of aromatic nitrogens is 3. The number of hydrogen-bond acceptors (Lipinski definition) is 6. The van der Waals surface area contributed by atoms with Gasteiger partial charge in [0.25, 0.3) is 0 Å². The Kier molecular flexibility index (Phi) is 7.36. The molecule has 0 unspecified atom stereocenters. The van der Waals surface area contributed by atoms with Gasteiger partial charge in [0.05, 0.1) is 31.0 Å². The van der Waals surface area contributed by atoms with Crippen LogP contribution in [0, 0.1) is 0 Å². The number of nitrogens with one attached hydrogen (secondary N) is 1. The Morgan fingerprint density at radius 1 is 1.06 bits per heavy atom. The van der Waals surface area contributed by atoms with Crippen molar-refractivity contribution in [3.63, 3.8) is 0 Å². The highest BCUT2D eigenvalue weighted by Crippen LogP contribution is 2.38. The molecule has 0 saturated heterocycles. The van der Waals surface area contributed by atoms with Crippen molar-refractivity contribution in [2.45, 2.75) is 32.7 Å². The summed E-state index contributed by atoms with van der Waals surface area (Å²) in [4.78, 5) is 8.81. The van der Waals surface area contributed by atoms with Gasteiger partial charge < -0.3 is 24.5 Å². The molecule has 2 heterocycles. The molecule has 178 valence electrons. The highest BCUT2D eigenvalue weighted by atomic mass is 35.5. The normalized spacial score (nSPS) is 11.7. The van der Waals surface area contributed by atoms with Gasteiger partial charge in [-0.15, -0.1) is 0 Å². The molecule has 2 N–H and O–H groups in total. The van der Waals surface area contributed by atoms with E-state index in [2.05, 4.69) is 42.1 Å². The molecule has 8 heteroatoms. The first-order chi connectivity index (χ1) is 16.4. The molecule has 0 aliphatic carbocycles. The first-order valence-corrected chi connectivity index (χ1v) is 11.6. The van der Waals surface area contributed by atoms with Gasteiger partial charge in [0.15, 0.2) is 5.82 Å². The molecule has 0 spiro atoms. The summed E-state index contributed by atoms with van der Waals surface area (Å²) in [6.07, 6.45) is 3.46. The van der Waals surface area contributed by atoms with Crippen LogP contribution in [-0.2, 0) is 16.7 Å². The van der Waals surface area contributed by atoms with Crippen molar-refractivity contribution in [1.29, 1.82) is 0 Å². The lowest BCUT2D eigenvalue weighted by Gasteiger charge is -2.20. The van der Waals surface area contributed by atoms with Crippen LogP contribution in [0.4, 0.5) is 11.5 Å². The number of rotatable bonds is 9. The first kappa shape index (κ1) is 24.0. The van der Waals surface area contributed by atoms with Crippen molar-refractivity contribution < 1.29 is 14.6 Å². The highest BCUT2D eigenvalue weighted by Gasteiger charge is 2.16. The van der Waals surface area contributed by atoms with Crippen LogP contribution in [0.5, 0.6) is 11.5 Å². The second-order valence-electron chi connectivity index (χ2n) is 8.92. The molecule has 0 saturated carbocycles. The lowest BCUT2D eigenvalue weighted by atomic mass is 9.87. The SMILES string of the molecule is CC(C)(C)c1cccc(Oc2cccc(Nc3ncnc4ccn(CCOCCO)c34)c2Cl)c1. The fourth-order valence-corrected chi connectivity index (χ4v) is 3.82. The van der Waals surface area contributed by atoms with Gasteiger partial charge >= 0.3 is 0 Å². The Labute approximate surface area is 204 Å². The summed E-state index contributed by atoms with van der Waals surface area (Å²) in [6.45, 7) is 7.88. The molecule has 2 aromatic carbocycles. The number of halogens is 1. The summed E-state index contributed by atoms with van der Waals surface area (Å²) in [5.41, 5.74) is 3.53. The van der Waals surface area contributed by atoms with Crippen molar-refractivity contribution in [3.8, 4) is 11.5 Å². The van der Waals surface area contributed by atoms with Gasteiger partial charge in [-0.3, -0.25) is 0 Å². The molecular weight excluding hydrogens is 452 g/mol. The largest absolute Gasteiger partial charge is 0.456 e. The predicted octanol–water partition coefficient (Wildman–Crippen LogP) is 5.93. The summed E-state index contributed by atoms with van der Waals surface area (Å²) in [5, 5.41) is 12.7. The Morgan fingerprint density at radius 2 is 1.88 bits per heavy atom. The van der Waals surface area contributed by atoms with Crippen LogP contribution >= 0.6 is 11.6 Å². The molecule has 7 nitrogen and oxygen atoms in total. The van der Waals surface area contributed by atoms with Crippen molar-refractivity contribution in [1.82, 2.24) is 14.5 Å². The minimum atomic E-state index is -0.000245. The molecule has 4 aromatic rings. The maximum atomic E-state index is 8.91. The zero-order valence-electron chi connectivity index (χ0n) is 19.6. The Bertz CT molecular complexity index is 1270. The molecule has 0 atom stereocenters. The number of nitrogens with zero attached hydrogens (tertiary/aromatic N) is 3. The van der Waals surface area contributed by atoms with E-state index in [9.17, 15) is 0 Å². The molecule has 0 radical (unpaired) electrons. The molecule has 0 aliphatic heterocycles. The quantitative estimate of drug-likeness (QED) is 0.289. The molecule has 0 aliphatic rings. The predicted molar refractivity (Wildman–Crippen MR) is 135 cm³/mol. The second kappa shape index (κ2) is 10.4. The first-order valence-electron chi connectivity index (χ1n) is 11.2. The third-order valence-electron chi connectivity index (χ3n) is 5.41. The molecule has 0 bridgehead atoms. The summed E-state index contributed by atoms with van der Waals surface area (Å²) in [6, 6.07) is 15.6. The minimum Gasteiger partial charge on any atom is -0.456 e. The third-order valence-corrected chi connectivity index (χ3v) is 5.80. The minimum absolute atomic E-state index is 0.000245. The van der Waals surface area contributed by atoms with Gasteiger partial charge in [0.1, 0.15) is 28.4 Å². The summed E-state index contributed by atoms with van der Waals surface area (Å²) >= 11 is 6.74.